The molecule has 1 aliphatic heterocycles. The number of piperidine rings is 1. The Labute approximate surface area is 105 Å². The van der Waals surface area contributed by atoms with Crippen molar-refractivity contribution in [3.05, 3.63) is 30.3 Å². The normalized spacial score (nSPS) is 16.7. The second-order valence-corrected chi connectivity index (χ2v) is 4.42. The lowest BCUT2D eigenvalue weighted by molar-refractivity contribution is 0.476. The molecule has 18 heavy (non-hydrogen) atoms. The minimum Gasteiger partial charge on any atom is -0.350 e. The molecule has 0 aliphatic carbocycles. The average molecular weight is 244 g/mol. The van der Waals surface area contributed by atoms with Gasteiger partial charge >= 0.3 is 0 Å². The fourth-order valence-corrected chi connectivity index (χ4v) is 2.17. The van der Waals surface area contributed by atoms with E-state index in [1.54, 1.807) is 4.68 Å². The van der Waals surface area contributed by atoms with Crippen LogP contribution < -0.4 is 10.6 Å². The quantitative estimate of drug-likeness (QED) is 0.837. The van der Waals surface area contributed by atoms with Crippen molar-refractivity contribution in [3.63, 3.8) is 0 Å². The van der Waals surface area contributed by atoms with E-state index < -0.39 is 0 Å². The van der Waals surface area contributed by atoms with Gasteiger partial charge < -0.3 is 10.6 Å². The highest BCUT2D eigenvalue weighted by Gasteiger charge is 2.16. The van der Waals surface area contributed by atoms with E-state index in [2.05, 4.69) is 26.2 Å². The first kappa shape index (κ1) is 11.2. The van der Waals surface area contributed by atoms with Crippen molar-refractivity contribution in [1.29, 1.82) is 0 Å². The number of nitrogens with zero attached hydrogens (tertiary/aromatic N) is 4. The third kappa shape index (κ3) is 2.33. The summed E-state index contributed by atoms with van der Waals surface area (Å²) in [4.78, 5) is 0. The molecule has 3 rings (SSSR count). The van der Waals surface area contributed by atoms with E-state index in [9.17, 15) is 0 Å². The van der Waals surface area contributed by atoms with Crippen molar-refractivity contribution in [2.24, 2.45) is 0 Å². The maximum Gasteiger partial charge on any atom is 0.247 e. The highest BCUT2D eigenvalue weighted by atomic mass is 15.6. The first-order chi connectivity index (χ1) is 8.93. The Hall–Kier alpha value is -1.95. The molecule has 0 spiro atoms. The second kappa shape index (κ2) is 5.14. The first-order valence-electron chi connectivity index (χ1n) is 6.24. The summed E-state index contributed by atoms with van der Waals surface area (Å²) in [5.74, 6) is 0.716. The summed E-state index contributed by atoms with van der Waals surface area (Å²) >= 11 is 0. The van der Waals surface area contributed by atoms with Gasteiger partial charge in [0.25, 0.3) is 0 Å². The van der Waals surface area contributed by atoms with Crippen molar-refractivity contribution >= 4 is 5.95 Å². The third-order valence-corrected chi connectivity index (χ3v) is 3.14. The van der Waals surface area contributed by atoms with Gasteiger partial charge in [-0.15, -0.1) is 0 Å². The molecule has 1 aromatic heterocycles. The number of tetrazole rings is 1. The highest BCUT2D eigenvalue weighted by molar-refractivity contribution is 5.38. The summed E-state index contributed by atoms with van der Waals surface area (Å²) in [6.45, 7) is 2.09. The molecule has 0 radical (unpaired) electrons. The fraction of sp³-hybridized carbons (Fsp3) is 0.417. The lowest BCUT2D eigenvalue weighted by Crippen LogP contribution is -2.36. The largest absolute Gasteiger partial charge is 0.350 e. The lowest BCUT2D eigenvalue weighted by Gasteiger charge is -2.23. The highest BCUT2D eigenvalue weighted by Crippen LogP contribution is 2.14. The number of anilines is 1. The van der Waals surface area contributed by atoms with Crippen LogP contribution in [-0.2, 0) is 0 Å². The van der Waals surface area contributed by atoms with Crippen LogP contribution in [0.25, 0.3) is 5.69 Å². The van der Waals surface area contributed by atoms with Crippen LogP contribution in [0.1, 0.15) is 12.8 Å². The topological polar surface area (TPSA) is 67.7 Å². The van der Waals surface area contributed by atoms with E-state index in [-0.39, 0.29) is 0 Å². The molecule has 2 aromatic rings. The molecule has 6 heteroatoms. The first-order valence-corrected chi connectivity index (χ1v) is 6.24. The molecule has 2 N–H and O–H groups in total. The van der Waals surface area contributed by atoms with Crippen molar-refractivity contribution in [2.75, 3.05) is 18.4 Å². The molecule has 0 saturated carbocycles. The molecule has 0 unspecified atom stereocenters. The molecule has 0 amide bonds. The fourth-order valence-electron chi connectivity index (χ4n) is 2.17. The summed E-state index contributed by atoms with van der Waals surface area (Å²) in [5, 5.41) is 18.6. The van der Waals surface area contributed by atoms with Gasteiger partial charge in [-0.2, -0.15) is 4.68 Å². The number of para-hydroxylation sites is 1. The van der Waals surface area contributed by atoms with E-state index in [4.69, 9.17) is 0 Å². The van der Waals surface area contributed by atoms with Crippen LogP contribution in [0.3, 0.4) is 0 Å². The Morgan fingerprint density at radius 2 is 1.94 bits per heavy atom. The monoisotopic (exact) mass is 244 g/mol. The molecule has 94 valence electrons. The Morgan fingerprint density at radius 1 is 1.17 bits per heavy atom. The molecule has 0 atom stereocenters. The van der Waals surface area contributed by atoms with Crippen molar-refractivity contribution in [3.8, 4) is 5.69 Å². The van der Waals surface area contributed by atoms with Crippen molar-refractivity contribution in [1.82, 2.24) is 25.5 Å². The van der Waals surface area contributed by atoms with E-state index in [1.165, 1.54) is 0 Å². The molecule has 6 nitrogen and oxygen atoms in total. The SMILES string of the molecule is c1ccc(-n2nnnc2NC2CCNCC2)cc1. The maximum atomic E-state index is 4.06. The number of nitrogens with one attached hydrogen (secondary N) is 2. The summed E-state index contributed by atoms with van der Waals surface area (Å²) in [7, 11) is 0. The molecule has 2 heterocycles. The lowest BCUT2D eigenvalue weighted by atomic mass is 10.1. The predicted molar refractivity (Wildman–Crippen MR) is 68.7 cm³/mol. The standard InChI is InChI=1S/C12H16N6/c1-2-4-11(5-3-1)18-12(15-16-17-18)14-10-6-8-13-9-7-10/h1-5,10,13H,6-9H2,(H,14,15,17). The van der Waals surface area contributed by atoms with Gasteiger partial charge in [-0.05, 0) is 48.5 Å². The van der Waals surface area contributed by atoms with Gasteiger partial charge in [0.1, 0.15) is 0 Å². The van der Waals surface area contributed by atoms with Crippen molar-refractivity contribution < 1.29 is 0 Å². The number of hydrogen-bond donors (Lipinski definition) is 2. The Balaban J connectivity index is 1.79. The van der Waals surface area contributed by atoms with Crippen LogP contribution in [0.4, 0.5) is 5.95 Å². The van der Waals surface area contributed by atoms with E-state index in [1.807, 2.05) is 30.3 Å². The summed E-state index contributed by atoms with van der Waals surface area (Å²) in [5.41, 5.74) is 0.971. The Kier molecular flexibility index (Phi) is 3.18. The summed E-state index contributed by atoms with van der Waals surface area (Å²) in [6, 6.07) is 10.4. The van der Waals surface area contributed by atoms with Gasteiger partial charge in [-0.25, -0.2) is 0 Å². The zero-order chi connectivity index (χ0) is 12.2. The molecular formula is C12H16N6. The number of hydrogen-bond acceptors (Lipinski definition) is 5. The minimum absolute atomic E-state index is 0.444. The van der Waals surface area contributed by atoms with Crippen LogP contribution in [0.15, 0.2) is 30.3 Å². The van der Waals surface area contributed by atoms with Gasteiger partial charge in [-0.3, -0.25) is 0 Å². The smallest absolute Gasteiger partial charge is 0.247 e. The predicted octanol–water partition coefficient (Wildman–Crippen LogP) is 0.826. The van der Waals surface area contributed by atoms with Crippen LogP contribution >= 0.6 is 0 Å². The maximum absolute atomic E-state index is 4.06. The number of aromatic nitrogens is 4. The van der Waals surface area contributed by atoms with E-state index >= 15 is 0 Å². The van der Waals surface area contributed by atoms with Crippen LogP contribution in [0.2, 0.25) is 0 Å². The second-order valence-electron chi connectivity index (χ2n) is 4.42. The molecule has 1 fully saturated rings. The van der Waals surface area contributed by atoms with Crippen LogP contribution in [0, 0.1) is 0 Å². The van der Waals surface area contributed by atoms with Crippen LogP contribution in [0.5, 0.6) is 0 Å². The van der Waals surface area contributed by atoms with E-state index in [0.717, 1.165) is 31.6 Å². The average Bonchev–Trinajstić information content (AvgIpc) is 2.89. The molecule has 0 bridgehead atoms. The van der Waals surface area contributed by atoms with Gasteiger partial charge in [0, 0.05) is 6.04 Å². The van der Waals surface area contributed by atoms with E-state index in [0.29, 0.717) is 12.0 Å². The van der Waals surface area contributed by atoms with Crippen molar-refractivity contribution in [2.45, 2.75) is 18.9 Å². The van der Waals surface area contributed by atoms with Gasteiger partial charge in [0.15, 0.2) is 0 Å². The molecule has 1 saturated heterocycles. The van der Waals surface area contributed by atoms with Gasteiger partial charge in [-0.1, -0.05) is 23.3 Å². The number of rotatable bonds is 3. The molecular weight excluding hydrogens is 228 g/mol. The van der Waals surface area contributed by atoms with Gasteiger partial charge in [0.05, 0.1) is 5.69 Å². The Morgan fingerprint density at radius 3 is 2.72 bits per heavy atom. The summed E-state index contributed by atoms with van der Waals surface area (Å²) in [6.07, 6.45) is 2.20. The summed E-state index contributed by atoms with van der Waals surface area (Å²) < 4.78 is 1.74. The molecule has 1 aromatic carbocycles. The Bertz CT molecular complexity index is 488. The molecule has 1 aliphatic rings. The zero-order valence-corrected chi connectivity index (χ0v) is 10.1. The third-order valence-electron chi connectivity index (χ3n) is 3.14. The van der Waals surface area contributed by atoms with Gasteiger partial charge in [0.2, 0.25) is 5.95 Å². The zero-order valence-electron chi connectivity index (χ0n) is 10.1. The number of benzene rings is 1. The van der Waals surface area contributed by atoms with Crippen LogP contribution in [-0.4, -0.2) is 39.3 Å². The minimum atomic E-state index is 0.444.